The van der Waals surface area contributed by atoms with Gasteiger partial charge in [-0.05, 0) is 44.2 Å². The first-order valence-corrected chi connectivity index (χ1v) is 9.89. The van der Waals surface area contributed by atoms with Crippen LogP contribution >= 0.6 is 0 Å². The average molecular weight is 419 g/mol. The van der Waals surface area contributed by atoms with Crippen LogP contribution in [0.3, 0.4) is 0 Å². The van der Waals surface area contributed by atoms with Crippen LogP contribution in [-0.4, -0.2) is 31.8 Å². The summed E-state index contributed by atoms with van der Waals surface area (Å²) in [5.41, 5.74) is 1.21. The molecule has 9 heteroatoms. The van der Waals surface area contributed by atoms with Gasteiger partial charge in [0.1, 0.15) is 16.9 Å². The van der Waals surface area contributed by atoms with Gasteiger partial charge in [0.25, 0.3) is 11.5 Å². The topological polar surface area (TPSA) is 112 Å². The number of hydrogen-bond acceptors (Lipinski definition) is 6. The van der Waals surface area contributed by atoms with E-state index in [-0.39, 0.29) is 29.6 Å². The minimum atomic E-state index is -0.509. The molecule has 1 N–H and O–H groups in total. The molecule has 0 unspecified atom stereocenters. The summed E-state index contributed by atoms with van der Waals surface area (Å²) in [6, 6.07) is 9.88. The van der Waals surface area contributed by atoms with Crippen LogP contribution in [0.5, 0.6) is 0 Å². The zero-order valence-electron chi connectivity index (χ0n) is 17.2. The van der Waals surface area contributed by atoms with Crippen LogP contribution in [0, 0.1) is 6.92 Å². The van der Waals surface area contributed by atoms with Crippen molar-refractivity contribution in [3.8, 4) is 11.5 Å². The third kappa shape index (κ3) is 4.02. The molecule has 0 fully saturated rings. The Morgan fingerprint density at radius 2 is 2.00 bits per heavy atom. The first kappa shape index (κ1) is 20.3. The fraction of sp³-hybridized carbons (Fsp3) is 0.227. The van der Waals surface area contributed by atoms with Gasteiger partial charge in [-0.15, -0.1) is 0 Å². The highest BCUT2D eigenvalue weighted by Crippen LogP contribution is 2.15. The number of pyridine rings is 2. The molecule has 1 amide bonds. The predicted octanol–water partition coefficient (Wildman–Crippen LogP) is 1.97. The quantitative estimate of drug-likeness (QED) is 0.511. The molecule has 0 atom stereocenters. The Morgan fingerprint density at radius 1 is 1.16 bits per heavy atom. The Bertz CT molecular complexity index is 1370. The Hall–Kier alpha value is -4.01. The lowest BCUT2D eigenvalue weighted by molar-refractivity contribution is 0.0950. The molecule has 4 aromatic rings. The monoisotopic (exact) mass is 419 g/mol. The summed E-state index contributed by atoms with van der Waals surface area (Å²) in [7, 11) is 0. The molecule has 0 saturated carbocycles. The van der Waals surface area contributed by atoms with Crippen LogP contribution in [0.25, 0.3) is 22.5 Å². The van der Waals surface area contributed by atoms with Crippen molar-refractivity contribution in [3.63, 3.8) is 0 Å². The molecule has 4 heterocycles. The van der Waals surface area contributed by atoms with Gasteiger partial charge in [-0.1, -0.05) is 0 Å². The fourth-order valence-electron chi connectivity index (χ4n) is 3.30. The van der Waals surface area contributed by atoms with Crippen molar-refractivity contribution < 1.29 is 9.21 Å². The highest BCUT2D eigenvalue weighted by atomic mass is 16.3. The lowest BCUT2D eigenvalue weighted by Gasteiger charge is -2.12. The van der Waals surface area contributed by atoms with Gasteiger partial charge in [-0.25, -0.2) is 9.67 Å². The van der Waals surface area contributed by atoms with Gasteiger partial charge in [0.2, 0.25) is 5.43 Å². The molecule has 4 aromatic heterocycles. The van der Waals surface area contributed by atoms with Crippen molar-refractivity contribution in [2.45, 2.75) is 26.9 Å². The Morgan fingerprint density at radius 3 is 2.74 bits per heavy atom. The molecule has 31 heavy (non-hydrogen) atoms. The second kappa shape index (κ2) is 8.39. The third-order valence-corrected chi connectivity index (χ3v) is 4.90. The molecule has 0 aliphatic rings. The molecular weight excluding hydrogens is 398 g/mol. The summed E-state index contributed by atoms with van der Waals surface area (Å²) in [5.74, 6) is 0.0304. The number of nitrogens with zero attached hydrogens (tertiary/aromatic N) is 4. The van der Waals surface area contributed by atoms with Crippen molar-refractivity contribution in [2.24, 2.45) is 0 Å². The molecule has 4 rings (SSSR count). The van der Waals surface area contributed by atoms with E-state index >= 15 is 0 Å². The highest BCUT2D eigenvalue weighted by Gasteiger charge is 2.16. The van der Waals surface area contributed by atoms with E-state index in [4.69, 9.17) is 4.42 Å². The van der Waals surface area contributed by atoms with Gasteiger partial charge in [0.15, 0.2) is 5.76 Å². The molecular formula is C22H21N5O4. The smallest absolute Gasteiger partial charge is 0.266 e. The molecule has 0 aromatic carbocycles. The number of rotatable bonds is 6. The Balaban J connectivity index is 1.54. The summed E-state index contributed by atoms with van der Waals surface area (Å²) in [4.78, 5) is 42.0. The fourth-order valence-corrected chi connectivity index (χ4v) is 3.30. The van der Waals surface area contributed by atoms with E-state index < -0.39 is 5.91 Å². The molecule has 0 bridgehead atoms. The molecule has 0 radical (unpaired) electrons. The minimum Gasteiger partial charge on any atom is -0.463 e. The van der Waals surface area contributed by atoms with Crippen LogP contribution < -0.4 is 16.3 Å². The molecule has 0 saturated heterocycles. The van der Waals surface area contributed by atoms with Crippen LogP contribution in [0.2, 0.25) is 0 Å². The lowest BCUT2D eigenvalue weighted by atomic mass is 10.1. The van der Waals surface area contributed by atoms with Gasteiger partial charge < -0.3 is 14.3 Å². The lowest BCUT2D eigenvalue weighted by Crippen LogP contribution is -2.34. The maximum Gasteiger partial charge on any atom is 0.266 e. The van der Waals surface area contributed by atoms with Gasteiger partial charge in [0.05, 0.1) is 18.2 Å². The number of carbonyl (C=O) groups excluding carboxylic acids is 1. The van der Waals surface area contributed by atoms with Gasteiger partial charge >= 0.3 is 0 Å². The highest BCUT2D eigenvalue weighted by molar-refractivity contribution is 5.96. The summed E-state index contributed by atoms with van der Waals surface area (Å²) in [6.07, 6.45) is 3.05. The number of amides is 1. The number of carbonyl (C=O) groups is 1. The number of hydrogen-bond donors (Lipinski definition) is 1. The summed E-state index contributed by atoms with van der Waals surface area (Å²) in [6.45, 7) is 4.60. The third-order valence-electron chi connectivity index (χ3n) is 4.90. The van der Waals surface area contributed by atoms with Crippen LogP contribution in [-0.2, 0) is 13.1 Å². The first-order valence-electron chi connectivity index (χ1n) is 9.89. The number of fused-ring (bicyclic) bond motifs is 1. The minimum absolute atomic E-state index is 0.0321. The SMILES string of the molecule is CCn1cc(C(=O)NCCn2nc(-c3ccco3)ccc2=O)c(=O)c2ccc(C)nc21. The summed E-state index contributed by atoms with van der Waals surface area (Å²) < 4.78 is 8.32. The molecule has 0 spiro atoms. The number of aromatic nitrogens is 4. The van der Waals surface area contributed by atoms with Crippen molar-refractivity contribution >= 4 is 16.9 Å². The Kier molecular flexibility index (Phi) is 5.48. The van der Waals surface area contributed by atoms with Crippen molar-refractivity contribution in [1.29, 1.82) is 0 Å². The second-order valence-electron chi connectivity index (χ2n) is 6.99. The average Bonchev–Trinajstić information content (AvgIpc) is 3.30. The zero-order valence-corrected chi connectivity index (χ0v) is 17.2. The van der Waals surface area contributed by atoms with E-state index in [0.717, 1.165) is 5.69 Å². The number of aryl methyl sites for hydroxylation is 2. The van der Waals surface area contributed by atoms with Crippen LogP contribution in [0.4, 0.5) is 0 Å². The van der Waals surface area contributed by atoms with E-state index in [1.165, 1.54) is 23.2 Å². The van der Waals surface area contributed by atoms with E-state index in [2.05, 4.69) is 15.4 Å². The molecule has 0 aliphatic heterocycles. The van der Waals surface area contributed by atoms with Crippen molar-refractivity contribution in [2.75, 3.05) is 6.54 Å². The number of nitrogens with one attached hydrogen (secondary N) is 1. The Labute approximate surface area is 177 Å². The largest absolute Gasteiger partial charge is 0.463 e. The van der Waals surface area contributed by atoms with Crippen molar-refractivity contribution in [3.05, 3.63) is 80.7 Å². The first-order chi connectivity index (χ1) is 15.0. The van der Waals surface area contributed by atoms with Gasteiger partial charge in [-0.3, -0.25) is 14.4 Å². The normalized spacial score (nSPS) is 11.0. The van der Waals surface area contributed by atoms with Crippen LogP contribution in [0.15, 0.2) is 62.9 Å². The van der Waals surface area contributed by atoms with Crippen LogP contribution in [0.1, 0.15) is 23.0 Å². The zero-order chi connectivity index (χ0) is 22.0. The molecule has 0 aliphatic carbocycles. The predicted molar refractivity (Wildman–Crippen MR) is 115 cm³/mol. The van der Waals surface area contributed by atoms with E-state index in [1.807, 2.05) is 13.8 Å². The summed E-state index contributed by atoms with van der Waals surface area (Å²) >= 11 is 0. The van der Waals surface area contributed by atoms with E-state index in [9.17, 15) is 14.4 Å². The van der Waals surface area contributed by atoms with Gasteiger partial charge in [-0.2, -0.15) is 5.10 Å². The maximum absolute atomic E-state index is 12.8. The van der Waals surface area contributed by atoms with Crippen molar-refractivity contribution in [1.82, 2.24) is 24.6 Å². The van der Waals surface area contributed by atoms with Gasteiger partial charge in [0, 0.05) is 31.0 Å². The number of furan rings is 1. The molecule has 9 nitrogen and oxygen atoms in total. The maximum atomic E-state index is 12.8. The summed E-state index contributed by atoms with van der Waals surface area (Å²) in [5, 5.41) is 7.36. The molecule has 158 valence electrons. The standard InChI is InChI=1S/C22H21N5O4/c1-3-26-13-16(20(29)15-7-6-14(2)24-21(15)26)22(30)23-10-11-27-19(28)9-8-17(25-27)18-5-4-12-31-18/h4-9,12-13H,3,10-11H2,1-2H3,(H,23,30). The van der Waals surface area contributed by atoms with E-state index in [1.54, 1.807) is 34.9 Å². The van der Waals surface area contributed by atoms with E-state index in [0.29, 0.717) is 29.0 Å². The second-order valence-corrected chi connectivity index (χ2v) is 6.99.